The van der Waals surface area contributed by atoms with Crippen LogP contribution in [0.25, 0.3) is 0 Å². The van der Waals surface area contributed by atoms with Crippen molar-refractivity contribution in [1.29, 1.82) is 0 Å². The average Bonchev–Trinajstić information content (AvgIpc) is 2.54. The van der Waals surface area contributed by atoms with Crippen LogP contribution in [0.1, 0.15) is 19.8 Å². The smallest absolute Gasteiger partial charge is 0.323 e. The molecule has 1 aliphatic rings. The first-order valence-corrected chi connectivity index (χ1v) is 4.69. The van der Waals surface area contributed by atoms with Crippen LogP contribution >= 0.6 is 0 Å². The summed E-state index contributed by atoms with van der Waals surface area (Å²) in [6.07, 6.45) is 1.84. The maximum absolute atomic E-state index is 11.3. The molecule has 0 radical (unpaired) electrons. The molecule has 1 heterocycles. The lowest BCUT2D eigenvalue weighted by atomic mass is 10.2. The van der Waals surface area contributed by atoms with E-state index in [1.807, 2.05) is 6.92 Å². The summed E-state index contributed by atoms with van der Waals surface area (Å²) >= 11 is 0. The third-order valence-corrected chi connectivity index (χ3v) is 2.18. The fourth-order valence-electron chi connectivity index (χ4n) is 1.58. The molecule has 1 N–H and O–H groups in total. The number of carbonyl (C=O) groups excluding carboxylic acids is 1. The first-order valence-electron chi connectivity index (χ1n) is 4.69. The van der Waals surface area contributed by atoms with E-state index in [2.05, 4.69) is 5.32 Å². The SMILES string of the molecule is CCOC(=O)[C@H]1CC[C@H](COC)N1. The monoisotopic (exact) mass is 187 g/mol. The van der Waals surface area contributed by atoms with Crippen LogP contribution in [-0.4, -0.2) is 38.4 Å². The molecule has 0 aliphatic carbocycles. The number of carbonyl (C=O) groups is 1. The Balaban J connectivity index is 2.27. The van der Waals surface area contributed by atoms with E-state index in [0.717, 1.165) is 12.8 Å². The van der Waals surface area contributed by atoms with Gasteiger partial charge < -0.3 is 9.47 Å². The molecule has 76 valence electrons. The topological polar surface area (TPSA) is 47.6 Å². The second kappa shape index (κ2) is 5.19. The second-order valence-electron chi connectivity index (χ2n) is 3.20. The van der Waals surface area contributed by atoms with Crippen molar-refractivity contribution >= 4 is 5.97 Å². The highest BCUT2D eigenvalue weighted by atomic mass is 16.5. The van der Waals surface area contributed by atoms with Crippen LogP contribution in [0.5, 0.6) is 0 Å². The van der Waals surface area contributed by atoms with Crippen molar-refractivity contribution in [3.05, 3.63) is 0 Å². The Bertz CT molecular complexity index is 172. The largest absolute Gasteiger partial charge is 0.465 e. The zero-order valence-electron chi connectivity index (χ0n) is 8.21. The third-order valence-electron chi connectivity index (χ3n) is 2.18. The Morgan fingerprint density at radius 2 is 2.31 bits per heavy atom. The van der Waals surface area contributed by atoms with E-state index in [1.54, 1.807) is 7.11 Å². The molecule has 0 aromatic heterocycles. The Labute approximate surface area is 78.6 Å². The standard InChI is InChI=1S/C9H17NO3/c1-3-13-9(11)8-5-4-7(10-8)6-12-2/h7-8,10H,3-6H2,1-2H3/t7-,8-/m1/s1. The number of esters is 1. The number of hydrogen-bond acceptors (Lipinski definition) is 4. The molecule has 0 amide bonds. The molecule has 4 nitrogen and oxygen atoms in total. The highest BCUT2D eigenvalue weighted by molar-refractivity contribution is 5.76. The minimum Gasteiger partial charge on any atom is -0.465 e. The van der Waals surface area contributed by atoms with Crippen molar-refractivity contribution in [1.82, 2.24) is 5.32 Å². The normalized spacial score (nSPS) is 27.5. The Kier molecular flexibility index (Phi) is 4.18. The lowest BCUT2D eigenvalue weighted by Gasteiger charge is -2.12. The Morgan fingerprint density at radius 1 is 1.54 bits per heavy atom. The Hall–Kier alpha value is -0.610. The molecule has 0 aromatic carbocycles. The molecule has 1 saturated heterocycles. The van der Waals surface area contributed by atoms with Crippen molar-refractivity contribution in [2.75, 3.05) is 20.3 Å². The first kappa shape index (κ1) is 10.5. The van der Waals surface area contributed by atoms with Gasteiger partial charge in [-0.3, -0.25) is 10.1 Å². The molecule has 0 bridgehead atoms. The number of ether oxygens (including phenoxy) is 2. The van der Waals surface area contributed by atoms with E-state index in [-0.39, 0.29) is 12.0 Å². The van der Waals surface area contributed by atoms with Gasteiger partial charge in [0.05, 0.1) is 13.2 Å². The van der Waals surface area contributed by atoms with Crippen LogP contribution < -0.4 is 5.32 Å². The first-order chi connectivity index (χ1) is 6.27. The number of rotatable bonds is 4. The zero-order chi connectivity index (χ0) is 9.68. The zero-order valence-corrected chi connectivity index (χ0v) is 8.21. The molecule has 1 fully saturated rings. The van der Waals surface area contributed by atoms with Gasteiger partial charge in [-0.25, -0.2) is 0 Å². The molecule has 0 spiro atoms. The van der Waals surface area contributed by atoms with E-state index in [4.69, 9.17) is 9.47 Å². The summed E-state index contributed by atoms with van der Waals surface area (Å²) < 4.78 is 9.91. The van der Waals surface area contributed by atoms with Gasteiger partial charge in [-0.1, -0.05) is 0 Å². The Morgan fingerprint density at radius 3 is 2.92 bits per heavy atom. The molecular weight excluding hydrogens is 170 g/mol. The van der Waals surface area contributed by atoms with Crippen molar-refractivity contribution in [2.24, 2.45) is 0 Å². The van der Waals surface area contributed by atoms with E-state index in [0.29, 0.717) is 19.3 Å². The molecule has 13 heavy (non-hydrogen) atoms. The van der Waals surface area contributed by atoms with Crippen molar-refractivity contribution in [3.8, 4) is 0 Å². The summed E-state index contributed by atoms with van der Waals surface area (Å²) in [4.78, 5) is 11.3. The van der Waals surface area contributed by atoms with Crippen LogP contribution in [0, 0.1) is 0 Å². The predicted molar refractivity (Wildman–Crippen MR) is 48.5 cm³/mol. The summed E-state index contributed by atoms with van der Waals surface area (Å²) in [5.74, 6) is -0.138. The van der Waals surface area contributed by atoms with E-state index >= 15 is 0 Å². The summed E-state index contributed by atoms with van der Waals surface area (Å²) in [7, 11) is 1.67. The van der Waals surface area contributed by atoms with Crippen molar-refractivity contribution in [2.45, 2.75) is 31.8 Å². The minimum absolute atomic E-state index is 0.125. The summed E-state index contributed by atoms with van der Waals surface area (Å²) in [6.45, 7) is 2.93. The van der Waals surface area contributed by atoms with Crippen LogP contribution in [0.3, 0.4) is 0 Å². The lowest BCUT2D eigenvalue weighted by molar-refractivity contribution is -0.145. The van der Waals surface area contributed by atoms with Gasteiger partial charge in [0.25, 0.3) is 0 Å². The van der Waals surface area contributed by atoms with Crippen LogP contribution in [0.15, 0.2) is 0 Å². The molecule has 1 aliphatic heterocycles. The van der Waals surface area contributed by atoms with E-state index in [9.17, 15) is 4.79 Å². The van der Waals surface area contributed by atoms with Gasteiger partial charge in [0.1, 0.15) is 6.04 Å². The van der Waals surface area contributed by atoms with Gasteiger partial charge in [0.2, 0.25) is 0 Å². The summed E-state index contributed by atoms with van der Waals surface area (Å²) in [6, 6.07) is 0.180. The summed E-state index contributed by atoms with van der Waals surface area (Å²) in [5, 5.41) is 3.18. The van der Waals surface area contributed by atoms with Gasteiger partial charge >= 0.3 is 5.97 Å². The van der Waals surface area contributed by atoms with Crippen LogP contribution in [-0.2, 0) is 14.3 Å². The van der Waals surface area contributed by atoms with Crippen LogP contribution in [0.2, 0.25) is 0 Å². The van der Waals surface area contributed by atoms with Crippen molar-refractivity contribution in [3.63, 3.8) is 0 Å². The number of methoxy groups -OCH3 is 1. The third kappa shape index (κ3) is 2.97. The maximum atomic E-state index is 11.3. The predicted octanol–water partition coefficient (Wildman–Crippen LogP) is 0.316. The van der Waals surface area contributed by atoms with E-state index in [1.165, 1.54) is 0 Å². The highest BCUT2D eigenvalue weighted by Gasteiger charge is 2.29. The molecule has 2 atom stereocenters. The summed E-state index contributed by atoms with van der Waals surface area (Å²) in [5.41, 5.74) is 0. The van der Waals surface area contributed by atoms with Crippen LogP contribution in [0.4, 0.5) is 0 Å². The fourth-order valence-corrected chi connectivity index (χ4v) is 1.58. The quantitative estimate of drug-likeness (QED) is 0.644. The lowest BCUT2D eigenvalue weighted by Crippen LogP contribution is -2.38. The number of hydrogen-bond donors (Lipinski definition) is 1. The maximum Gasteiger partial charge on any atom is 0.323 e. The molecule has 0 saturated carbocycles. The second-order valence-corrected chi connectivity index (χ2v) is 3.20. The van der Waals surface area contributed by atoms with Crippen molar-refractivity contribution < 1.29 is 14.3 Å². The minimum atomic E-state index is -0.138. The van der Waals surface area contributed by atoms with Gasteiger partial charge in [-0.2, -0.15) is 0 Å². The molecule has 0 aromatic rings. The van der Waals surface area contributed by atoms with E-state index < -0.39 is 0 Å². The molecule has 1 rings (SSSR count). The fraction of sp³-hybridized carbons (Fsp3) is 0.889. The van der Waals surface area contributed by atoms with Gasteiger partial charge in [0.15, 0.2) is 0 Å². The number of nitrogens with one attached hydrogen (secondary N) is 1. The van der Waals surface area contributed by atoms with Gasteiger partial charge in [-0.05, 0) is 19.8 Å². The molecule has 4 heteroatoms. The average molecular weight is 187 g/mol. The molecule has 0 unspecified atom stereocenters. The van der Waals surface area contributed by atoms with Gasteiger partial charge in [-0.15, -0.1) is 0 Å². The highest BCUT2D eigenvalue weighted by Crippen LogP contribution is 2.13. The molecular formula is C9H17NO3. The van der Waals surface area contributed by atoms with Gasteiger partial charge in [0, 0.05) is 13.2 Å².